The molecule has 1 aromatic rings. The lowest BCUT2D eigenvalue weighted by Gasteiger charge is -2.26. The fourth-order valence-electron chi connectivity index (χ4n) is 2.69. The zero-order valence-electron chi connectivity index (χ0n) is 13.5. The Balaban J connectivity index is 2.02. The molecule has 0 spiro atoms. The first kappa shape index (κ1) is 16.7. The number of amides is 1. The maximum atomic E-state index is 12.5. The molecule has 2 rings (SSSR count). The van der Waals surface area contributed by atoms with Gasteiger partial charge in [-0.2, -0.15) is 0 Å². The van der Waals surface area contributed by atoms with Crippen LogP contribution >= 0.6 is 0 Å². The molecule has 1 fully saturated rings. The van der Waals surface area contributed by atoms with E-state index in [2.05, 4.69) is 10.3 Å². The molecular weight excluding hydrogens is 284 g/mol. The number of nitrogens with one attached hydrogen (secondary N) is 1. The molecule has 1 amide bonds. The molecule has 0 atom stereocenters. The van der Waals surface area contributed by atoms with Gasteiger partial charge in [-0.3, -0.25) is 4.79 Å². The van der Waals surface area contributed by atoms with Gasteiger partial charge in [-0.15, -0.1) is 0 Å². The van der Waals surface area contributed by atoms with Gasteiger partial charge in [0.25, 0.3) is 5.91 Å². The van der Waals surface area contributed by atoms with E-state index >= 15 is 0 Å². The first-order valence-electron chi connectivity index (χ1n) is 7.57. The number of hydrogen-bond acceptors (Lipinski definition) is 5. The van der Waals surface area contributed by atoms with Gasteiger partial charge in [0, 0.05) is 20.3 Å². The third-order valence-corrected chi connectivity index (χ3v) is 4.06. The normalized spacial score (nSPS) is 16.5. The average Bonchev–Trinajstić information content (AvgIpc) is 3.00. The summed E-state index contributed by atoms with van der Waals surface area (Å²) in [5, 5.41) is 2.93. The van der Waals surface area contributed by atoms with Crippen molar-refractivity contribution in [1.29, 1.82) is 0 Å². The van der Waals surface area contributed by atoms with Gasteiger partial charge in [-0.1, -0.05) is 0 Å². The third kappa shape index (κ3) is 3.75. The molecule has 6 nitrogen and oxygen atoms in total. The van der Waals surface area contributed by atoms with Crippen LogP contribution in [0.1, 0.15) is 31.4 Å². The predicted molar refractivity (Wildman–Crippen MR) is 83.2 cm³/mol. The van der Waals surface area contributed by atoms with Gasteiger partial charge in [0.15, 0.2) is 0 Å². The number of methoxy groups -OCH3 is 2. The van der Waals surface area contributed by atoms with Crippen LogP contribution in [0.4, 0.5) is 5.69 Å². The highest BCUT2D eigenvalue weighted by molar-refractivity contribution is 5.97. The predicted octanol–water partition coefficient (Wildman–Crippen LogP) is 2.31. The van der Waals surface area contributed by atoms with Crippen molar-refractivity contribution in [2.45, 2.75) is 38.2 Å². The fraction of sp³-hybridized carbons (Fsp3) is 0.625. The Labute approximate surface area is 131 Å². The van der Waals surface area contributed by atoms with Crippen molar-refractivity contribution in [3.63, 3.8) is 0 Å². The van der Waals surface area contributed by atoms with Gasteiger partial charge in [0.1, 0.15) is 12.2 Å². The van der Waals surface area contributed by atoms with Crippen LogP contribution in [0.2, 0.25) is 0 Å². The molecule has 1 aliphatic rings. The quantitative estimate of drug-likeness (QED) is 0.783. The monoisotopic (exact) mass is 308 g/mol. The van der Waals surface area contributed by atoms with Gasteiger partial charge in [0.2, 0.25) is 5.88 Å². The van der Waals surface area contributed by atoms with E-state index in [1.54, 1.807) is 26.4 Å². The highest BCUT2D eigenvalue weighted by atomic mass is 16.5. The smallest absolute Gasteiger partial charge is 0.256 e. The summed E-state index contributed by atoms with van der Waals surface area (Å²) in [7, 11) is 3.22. The van der Waals surface area contributed by atoms with Gasteiger partial charge >= 0.3 is 0 Å². The summed E-state index contributed by atoms with van der Waals surface area (Å²) < 4.78 is 15.9. The molecule has 1 N–H and O–H groups in total. The number of nitrogens with zero attached hydrogens (tertiary/aromatic N) is 1. The Kier molecular flexibility index (Phi) is 5.74. The Bertz CT molecular complexity index is 513. The fourth-order valence-corrected chi connectivity index (χ4v) is 2.69. The minimum atomic E-state index is -0.694. The number of hydrogen-bond donors (Lipinski definition) is 1. The molecule has 1 saturated carbocycles. The minimum Gasteiger partial charge on any atom is -0.475 e. The van der Waals surface area contributed by atoms with Crippen LogP contribution in [0.3, 0.4) is 0 Å². The first-order chi connectivity index (χ1) is 10.6. The third-order valence-electron chi connectivity index (χ3n) is 4.06. The van der Waals surface area contributed by atoms with E-state index in [0.717, 1.165) is 25.7 Å². The molecular formula is C16H24N2O4. The molecule has 22 heavy (non-hydrogen) atoms. The molecule has 0 bridgehead atoms. The van der Waals surface area contributed by atoms with E-state index < -0.39 is 5.60 Å². The standard InChI is InChI=1S/C16H24N2O4/c1-12-13(6-7-14(17-12)22-11-10-20-2)18-15(19)16(21-3)8-4-5-9-16/h6-7H,4-5,8-11H2,1-3H3,(H,18,19). The van der Waals surface area contributed by atoms with Crippen molar-refractivity contribution in [1.82, 2.24) is 4.98 Å². The summed E-state index contributed by atoms with van der Waals surface area (Å²) in [5.74, 6) is 0.431. The van der Waals surface area contributed by atoms with Crippen molar-refractivity contribution in [3.05, 3.63) is 17.8 Å². The van der Waals surface area contributed by atoms with E-state index in [-0.39, 0.29) is 5.91 Å². The highest BCUT2D eigenvalue weighted by Gasteiger charge is 2.41. The van der Waals surface area contributed by atoms with Crippen LogP contribution in [0.25, 0.3) is 0 Å². The number of ether oxygens (including phenoxy) is 3. The molecule has 1 aliphatic carbocycles. The number of rotatable bonds is 7. The minimum absolute atomic E-state index is 0.0922. The molecule has 6 heteroatoms. The van der Waals surface area contributed by atoms with Gasteiger partial charge in [-0.05, 0) is 38.7 Å². The number of carbonyl (C=O) groups excluding carboxylic acids is 1. The highest BCUT2D eigenvalue weighted by Crippen LogP contribution is 2.34. The number of carbonyl (C=O) groups is 1. The first-order valence-corrected chi connectivity index (χ1v) is 7.57. The summed E-state index contributed by atoms with van der Waals surface area (Å²) in [6.45, 7) is 2.80. The molecule has 122 valence electrons. The van der Waals surface area contributed by atoms with Crippen molar-refractivity contribution in [2.75, 3.05) is 32.8 Å². The lowest BCUT2D eigenvalue weighted by atomic mass is 10.0. The summed E-state index contributed by atoms with van der Waals surface area (Å²) >= 11 is 0. The summed E-state index contributed by atoms with van der Waals surface area (Å²) in [6, 6.07) is 3.55. The lowest BCUT2D eigenvalue weighted by molar-refractivity contribution is -0.137. The maximum absolute atomic E-state index is 12.5. The molecule has 0 saturated heterocycles. The van der Waals surface area contributed by atoms with E-state index in [1.165, 1.54) is 0 Å². The number of anilines is 1. The molecule has 0 radical (unpaired) electrons. The van der Waals surface area contributed by atoms with Gasteiger partial charge in [0.05, 0.1) is 18.0 Å². The van der Waals surface area contributed by atoms with Crippen molar-refractivity contribution < 1.29 is 19.0 Å². The van der Waals surface area contributed by atoms with E-state index in [1.807, 2.05) is 6.92 Å². The molecule has 1 heterocycles. The summed E-state index contributed by atoms with van der Waals surface area (Å²) in [6.07, 6.45) is 3.57. The maximum Gasteiger partial charge on any atom is 0.256 e. The second kappa shape index (κ2) is 7.56. The SMILES string of the molecule is COCCOc1ccc(NC(=O)C2(OC)CCCC2)c(C)n1. The molecule has 0 unspecified atom stereocenters. The Hall–Kier alpha value is -1.66. The van der Waals surface area contributed by atoms with Crippen LogP contribution in [-0.4, -0.2) is 43.9 Å². The zero-order chi connectivity index (χ0) is 16.0. The van der Waals surface area contributed by atoms with Crippen molar-refractivity contribution in [2.24, 2.45) is 0 Å². The topological polar surface area (TPSA) is 69.7 Å². The van der Waals surface area contributed by atoms with Crippen molar-refractivity contribution in [3.8, 4) is 5.88 Å². The lowest BCUT2D eigenvalue weighted by Crippen LogP contribution is -2.42. The Morgan fingerprint density at radius 3 is 2.59 bits per heavy atom. The van der Waals surface area contributed by atoms with E-state index in [4.69, 9.17) is 14.2 Å². The number of aromatic nitrogens is 1. The molecule has 0 aromatic carbocycles. The van der Waals surface area contributed by atoms with Crippen LogP contribution in [0, 0.1) is 6.92 Å². The van der Waals surface area contributed by atoms with E-state index in [0.29, 0.717) is 30.5 Å². The number of pyridine rings is 1. The van der Waals surface area contributed by atoms with Crippen LogP contribution < -0.4 is 10.1 Å². The molecule has 1 aromatic heterocycles. The summed E-state index contributed by atoms with van der Waals surface area (Å²) in [4.78, 5) is 16.8. The largest absolute Gasteiger partial charge is 0.475 e. The second-order valence-electron chi connectivity index (χ2n) is 5.48. The van der Waals surface area contributed by atoms with Gasteiger partial charge < -0.3 is 19.5 Å². The van der Waals surface area contributed by atoms with Crippen LogP contribution in [0.15, 0.2) is 12.1 Å². The zero-order valence-corrected chi connectivity index (χ0v) is 13.5. The average molecular weight is 308 g/mol. The Morgan fingerprint density at radius 1 is 1.27 bits per heavy atom. The summed E-state index contributed by atoms with van der Waals surface area (Å²) in [5.41, 5.74) is 0.708. The molecule has 0 aliphatic heterocycles. The van der Waals surface area contributed by atoms with Crippen LogP contribution in [-0.2, 0) is 14.3 Å². The van der Waals surface area contributed by atoms with E-state index in [9.17, 15) is 4.79 Å². The Morgan fingerprint density at radius 2 is 2.00 bits per heavy atom. The number of aryl methyl sites for hydroxylation is 1. The van der Waals surface area contributed by atoms with Crippen LogP contribution in [0.5, 0.6) is 5.88 Å². The van der Waals surface area contributed by atoms with Gasteiger partial charge in [-0.25, -0.2) is 4.98 Å². The van der Waals surface area contributed by atoms with Crippen molar-refractivity contribution >= 4 is 11.6 Å². The second-order valence-corrected chi connectivity index (χ2v) is 5.48.